The Balaban J connectivity index is 0.000000400. The molecular weight excluding hydrogens is 781 g/mol. The number of benzene rings is 4. The van der Waals surface area contributed by atoms with Crippen molar-refractivity contribution >= 4 is 73.4 Å². The zero-order valence-corrected chi connectivity index (χ0v) is 36.4. The third-order valence-corrected chi connectivity index (χ3v) is 9.41. The number of ether oxygens (including phenoxy) is 2. The molecule has 4 atom stereocenters. The predicted molar refractivity (Wildman–Crippen MR) is 221 cm³/mol. The summed E-state index contributed by atoms with van der Waals surface area (Å²) < 4.78 is 9.55. The van der Waals surface area contributed by atoms with Crippen molar-refractivity contribution in [3.05, 3.63) is 120 Å². The average molecular weight is 833 g/mol. The van der Waals surface area contributed by atoms with Crippen LogP contribution in [0.1, 0.15) is 63.5 Å². The fourth-order valence-corrected chi connectivity index (χ4v) is 6.36. The molecule has 0 heterocycles. The van der Waals surface area contributed by atoms with Crippen LogP contribution in [0.5, 0.6) is 0 Å². The van der Waals surface area contributed by atoms with E-state index >= 15 is 0 Å². The van der Waals surface area contributed by atoms with Gasteiger partial charge < -0.3 is 39.9 Å². The number of carboxylic acid groups (broad SMARTS) is 2. The van der Waals surface area contributed by atoms with Crippen LogP contribution in [0, 0.1) is 11.8 Å². The molecule has 0 saturated heterocycles. The Labute approximate surface area is 376 Å². The van der Waals surface area contributed by atoms with Gasteiger partial charge in [0, 0.05) is 36.9 Å². The van der Waals surface area contributed by atoms with Crippen LogP contribution >= 0.6 is 0 Å². The minimum atomic E-state index is -1.27. The van der Waals surface area contributed by atoms with Crippen molar-refractivity contribution in [3.63, 3.8) is 0 Å². The van der Waals surface area contributed by atoms with Crippen LogP contribution in [0.2, 0.25) is 0 Å². The molecule has 2 amide bonds. The number of methoxy groups -OCH3 is 2. The minimum Gasteiger partial charge on any atom is -0.550 e. The van der Waals surface area contributed by atoms with Crippen LogP contribution in [0.25, 0.3) is 22.3 Å². The van der Waals surface area contributed by atoms with Crippen LogP contribution in [0.15, 0.2) is 109 Å². The van der Waals surface area contributed by atoms with Crippen molar-refractivity contribution in [2.45, 2.75) is 77.3 Å². The fraction of sp³-hybridized carbons (Fsp3) is 0.348. The molecule has 0 fully saturated rings. The molecule has 0 aliphatic heterocycles. The van der Waals surface area contributed by atoms with Gasteiger partial charge >= 0.3 is 49.7 Å². The van der Waals surface area contributed by atoms with Gasteiger partial charge in [-0.15, -0.1) is 0 Å². The predicted octanol–water partition coefficient (Wildman–Crippen LogP) is 3.84. The summed E-state index contributed by atoms with van der Waals surface area (Å²) in [6, 6.07) is 35.4. The van der Waals surface area contributed by atoms with E-state index in [1.54, 1.807) is 13.8 Å². The van der Waals surface area contributed by atoms with Gasteiger partial charge in [-0.25, -0.2) is 0 Å². The van der Waals surface area contributed by atoms with E-state index in [1.165, 1.54) is 14.2 Å². The zero-order valence-electron chi connectivity index (χ0n) is 34.1. The van der Waals surface area contributed by atoms with Crippen molar-refractivity contribution in [2.75, 3.05) is 14.2 Å². The maximum absolute atomic E-state index is 12.1. The topological polar surface area (TPSA) is 191 Å². The van der Waals surface area contributed by atoms with E-state index in [0.29, 0.717) is 25.7 Å². The number of carbonyl (C=O) groups is 6. The summed E-state index contributed by atoms with van der Waals surface area (Å²) in [6.07, 6.45) is 0.847. The SMILES string of the molecule is COC(=O)[C@H](C)C[C@@H](Cc1ccc(-c2ccccc2)cc1)NC(=O)CCC(=O)[O-].COC(=O)[C@H](C)C[C@@H](Cc1ccc(-c2ccccc2)cc1)NC(=O)CCC(=O)[O-].[Ca+2]. The molecule has 0 saturated carbocycles. The van der Waals surface area contributed by atoms with Crippen molar-refractivity contribution in [3.8, 4) is 22.3 Å². The van der Waals surface area contributed by atoms with Crippen molar-refractivity contribution < 1.29 is 48.5 Å². The van der Waals surface area contributed by atoms with E-state index in [-0.39, 0.29) is 99.3 Å². The molecule has 2 N–H and O–H groups in total. The van der Waals surface area contributed by atoms with Crippen LogP contribution in [-0.2, 0) is 51.1 Å². The first kappa shape index (κ1) is 50.1. The Morgan fingerprint density at radius 1 is 0.492 bits per heavy atom. The number of nitrogens with one attached hydrogen (secondary N) is 2. The first-order chi connectivity index (χ1) is 27.8. The summed E-state index contributed by atoms with van der Waals surface area (Å²) in [5.41, 5.74) is 6.42. The zero-order chi connectivity index (χ0) is 42.5. The van der Waals surface area contributed by atoms with Gasteiger partial charge in [-0.2, -0.15) is 0 Å². The summed E-state index contributed by atoms with van der Waals surface area (Å²) in [5.74, 6) is -4.77. The molecular formula is C46H52CaN2O10. The maximum Gasteiger partial charge on any atom is 2.00 e. The van der Waals surface area contributed by atoms with Gasteiger partial charge in [0.2, 0.25) is 11.8 Å². The fourth-order valence-electron chi connectivity index (χ4n) is 6.36. The number of hydrogen-bond donors (Lipinski definition) is 2. The second-order valence-electron chi connectivity index (χ2n) is 14.1. The van der Waals surface area contributed by atoms with E-state index < -0.39 is 23.8 Å². The molecule has 0 bridgehead atoms. The third-order valence-electron chi connectivity index (χ3n) is 9.41. The quantitative estimate of drug-likeness (QED) is 0.0978. The Morgan fingerprint density at radius 2 is 0.797 bits per heavy atom. The Morgan fingerprint density at radius 3 is 1.08 bits per heavy atom. The molecule has 0 unspecified atom stereocenters. The summed E-state index contributed by atoms with van der Waals surface area (Å²) in [5, 5.41) is 26.8. The smallest absolute Gasteiger partial charge is 0.550 e. The van der Waals surface area contributed by atoms with Gasteiger partial charge in [-0.05, 0) is 71.9 Å². The average Bonchev–Trinajstić information content (AvgIpc) is 3.22. The molecule has 4 aromatic rings. The summed E-state index contributed by atoms with van der Waals surface area (Å²) in [7, 11) is 2.66. The van der Waals surface area contributed by atoms with Gasteiger partial charge in [-0.1, -0.05) is 123 Å². The summed E-state index contributed by atoms with van der Waals surface area (Å²) >= 11 is 0. The van der Waals surface area contributed by atoms with E-state index in [2.05, 4.69) is 10.6 Å². The van der Waals surface area contributed by atoms with Crippen LogP contribution in [-0.4, -0.2) is 99.7 Å². The molecule has 4 rings (SSSR count). The third kappa shape index (κ3) is 19.1. The Kier molecular flexibility index (Phi) is 22.8. The molecule has 13 heteroatoms. The number of esters is 2. The number of carbonyl (C=O) groups excluding carboxylic acids is 6. The molecule has 308 valence electrons. The van der Waals surface area contributed by atoms with Crippen LogP contribution < -0.4 is 20.8 Å². The largest absolute Gasteiger partial charge is 2.00 e. The van der Waals surface area contributed by atoms with E-state index in [9.17, 15) is 39.0 Å². The molecule has 0 radical (unpaired) electrons. The summed E-state index contributed by atoms with van der Waals surface area (Å²) in [4.78, 5) is 68.9. The Hall–Kier alpha value is -5.04. The van der Waals surface area contributed by atoms with E-state index in [4.69, 9.17) is 9.47 Å². The molecule has 0 aliphatic carbocycles. The maximum atomic E-state index is 12.1. The van der Waals surface area contributed by atoms with Crippen LogP contribution in [0.3, 0.4) is 0 Å². The first-order valence-corrected chi connectivity index (χ1v) is 19.2. The monoisotopic (exact) mass is 832 g/mol. The molecule has 0 aromatic heterocycles. The second kappa shape index (κ2) is 26.9. The van der Waals surface area contributed by atoms with Gasteiger partial charge in [-0.3, -0.25) is 19.2 Å². The standard InChI is InChI=1S/2C23H27NO5.Ca/c2*1-16(23(28)29-2)14-20(24-21(25)12-13-22(26)27)15-17-8-10-19(11-9-17)18-6-4-3-5-7-18;/h2*3-11,16,20H,12-15H2,1-2H3,(H,24,25)(H,26,27);/q;;+2/p-2/t2*16-,20+;/m11./s1. The van der Waals surface area contributed by atoms with E-state index in [0.717, 1.165) is 33.4 Å². The molecule has 12 nitrogen and oxygen atoms in total. The minimum absolute atomic E-state index is 0. The van der Waals surface area contributed by atoms with Crippen molar-refractivity contribution in [2.24, 2.45) is 11.8 Å². The number of aliphatic carboxylic acids is 2. The normalized spacial score (nSPS) is 12.4. The van der Waals surface area contributed by atoms with E-state index in [1.807, 2.05) is 109 Å². The van der Waals surface area contributed by atoms with Crippen LogP contribution in [0.4, 0.5) is 0 Å². The molecule has 0 spiro atoms. The molecule has 59 heavy (non-hydrogen) atoms. The molecule has 4 aromatic carbocycles. The molecule has 0 aliphatic rings. The van der Waals surface area contributed by atoms with Crippen molar-refractivity contribution in [1.29, 1.82) is 0 Å². The van der Waals surface area contributed by atoms with Gasteiger partial charge in [0.1, 0.15) is 0 Å². The van der Waals surface area contributed by atoms with Crippen molar-refractivity contribution in [1.82, 2.24) is 10.6 Å². The van der Waals surface area contributed by atoms with Gasteiger partial charge in [0.15, 0.2) is 0 Å². The number of carboxylic acids is 2. The number of rotatable bonds is 20. The second-order valence-corrected chi connectivity index (χ2v) is 14.1. The number of hydrogen-bond acceptors (Lipinski definition) is 10. The van der Waals surface area contributed by atoms with Gasteiger partial charge in [0.05, 0.1) is 26.1 Å². The Bertz CT molecular complexity index is 1780. The van der Waals surface area contributed by atoms with Gasteiger partial charge in [0.25, 0.3) is 0 Å². The number of amides is 2. The summed E-state index contributed by atoms with van der Waals surface area (Å²) in [6.45, 7) is 3.48. The first-order valence-electron chi connectivity index (χ1n) is 19.2.